The first-order valence-corrected chi connectivity index (χ1v) is 17.7. The van der Waals surface area contributed by atoms with Crippen LogP contribution in [0.2, 0.25) is 0 Å². The summed E-state index contributed by atoms with van der Waals surface area (Å²) in [5.74, 6) is -2.08. The Kier molecular flexibility index (Phi) is 18.5. The van der Waals surface area contributed by atoms with E-state index in [9.17, 15) is 29.1 Å². The molecule has 2 aromatic carbocycles. The van der Waals surface area contributed by atoms with Crippen LogP contribution >= 0.6 is 0 Å². The van der Waals surface area contributed by atoms with E-state index in [1.165, 1.54) is 6.08 Å². The number of nitrogens with one attached hydrogen (secondary N) is 3. The number of rotatable bonds is 22. The minimum Gasteiger partial charge on any atom is -0.462 e. The number of esters is 1. The van der Waals surface area contributed by atoms with Gasteiger partial charge in [-0.2, -0.15) is 0 Å². The lowest BCUT2D eigenvalue weighted by Gasteiger charge is -2.26. The van der Waals surface area contributed by atoms with Crippen LogP contribution in [0.5, 0.6) is 0 Å². The molecule has 0 aromatic heterocycles. The van der Waals surface area contributed by atoms with Crippen LogP contribution in [-0.2, 0) is 41.8 Å². The Labute approximate surface area is 305 Å². The van der Waals surface area contributed by atoms with E-state index >= 15 is 0 Å². The third kappa shape index (κ3) is 15.0. The Morgan fingerprint density at radius 3 is 2.10 bits per heavy atom. The minimum atomic E-state index is -1.07. The van der Waals surface area contributed by atoms with E-state index in [1.54, 1.807) is 23.1 Å². The number of hydrogen-bond acceptors (Lipinski definition) is 9. The number of alkyl carbamates (subject to hydrolysis) is 2. The van der Waals surface area contributed by atoms with Crippen molar-refractivity contribution in [1.82, 2.24) is 20.9 Å². The molecule has 4 atom stereocenters. The van der Waals surface area contributed by atoms with E-state index in [4.69, 9.17) is 14.2 Å². The van der Waals surface area contributed by atoms with Gasteiger partial charge >= 0.3 is 18.2 Å². The molecule has 1 aliphatic rings. The summed E-state index contributed by atoms with van der Waals surface area (Å²) >= 11 is 0. The van der Waals surface area contributed by atoms with Crippen molar-refractivity contribution in [2.45, 2.75) is 82.7 Å². The van der Waals surface area contributed by atoms with Gasteiger partial charge in [0.05, 0.1) is 24.6 Å². The smallest absolute Gasteiger partial charge is 0.408 e. The van der Waals surface area contributed by atoms with Crippen molar-refractivity contribution in [3.05, 3.63) is 97.1 Å². The number of nitrogens with zero attached hydrogens (tertiary/aromatic N) is 1. The molecule has 52 heavy (non-hydrogen) atoms. The molecule has 4 amide bonds. The van der Waals surface area contributed by atoms with E-state index < -0.39 is 42.1 Å². The van der Waals surface area contributed by atoms with Gasteiger partial charge in [-0.25, -0.2) is 14.4 Å². The fraction of sp³-hybridized carbons (Fsp3) is 0.462. The first kappa shape index (κ1) is 41.3. The number of ether oxygens (including phenoxy) is 3. The highest BCUT2D eigenvalue weighted by molar-refractivity contribution is 5.86. The fourth-order valence-electron chi connectivity index (χ4n) is 5.73. The maximum atomic E-state index is 13.5. The Morgan fingerprint density at radius 2 is 1.48 bits per heavy atom. The molecule has 4 N–H and O–H groups in total. The molecular weight excluding hydrogens is 668 g/mol. The Balaban J connectivity index is 1.57. The zero-order valence-electron chi connectivity index (χ0n) is 29.7. The van der Waals surface area contributed by atoms with Gasteiger partial charge in [-0.15, -0.1) is 13.2 Å². The van der Waals surface area contributed by atoms with Crippen LogP contribution < -0.4 is 16.0 Å². The number of benzene rings is 2. The quantitative estimate of drug-likeness (QED) is 0.0590. The monoisotopic (exact) mass is 720 g/mol. The summed E-state index contributed by atoms with van der Waals surface area (Å²) in [5.41, 5.74) is 1.65. The van der Waals surface area contributed by atoms with Crippen LogP contribution in [0, 0.1) is 5.92 Å². The van der Waals surface area contributed by atoms with Gasteiger partial charge in [0, 0.05) is 19.5 Å². The third-order valence-corrected chi connectivity index (χ3v) is 8.58. The number of carbonyl (C=O) groups excluding carboxylic acids is 5. The van der Waals surface area contributed by atoms with Crippen LogP contribution in [0.25, 0.3) is 0 Å². The fourth-order valence-corrected chi connectivity index (χ4v) is 5.73. The summed E-state index contributed by atoms with van der Waals surface area (Å²) in [6.45, 7) is 8.08. The van der Waals surface area contributed by atoms with Gasteiger partial charge in [0.15, 0.2) is 0 Å². The van der Waals surface area contributed by atoms with Gasteiger partial charge in [0.1, 0.15) is 25.9 Å². The Hall–Kier alpha value is -5.17. The van der Waals surface area contributed by atoms with Gasteiger partial charge in [-0.1, -0.05) is 72.8 Å². The lowest BCUT2D eigenvalue weighted by Crippen LogP contribution is -2.46. The largest absolute Gasteiger partial charge is 0.462 e. The van der Waals surface area contributed by atoms with Gasteiger partial charge in [0.25, 0.3) is 0 Å². The van der Waals surface area contributed by atoms with Gasteiger partial charge in [0.2, 0.25) is 11.8 Å². The van der Waals surface area contributed by atoms with E-state index in [1.807, 2.05) is 48.5 Å². The maximum Gasteiger partial charge on any atom is 0.408 e. The summed E-state index contributed by atoms with van der Waals surface area (Å²) < 4.78 is 16.1. The van der Waals surface area contributed by atoms with E-state index in [-0.39, 0.29) is 57.6 Å². The molecule has 1 heterocycles. The summed E-state index contributed by atoms with van der Waals surface area (Å²) in [6.07, 6.45) is 4.91. The number of carbonyl (C=O) groups is 5. The van der Waals surface area contributed by atoms with Crippen LogP contribution in [0.15, 0.2) is 86.0 Å². The topological polar surface area (TPSA) is 173 Å². The number of allylic oxidation sites excluding steroid dienone is 1. The Morgan fingerprint density at radius 1 is 0.846 bits per heavy atom. The second kappa shape index (κ2) is 23.3. The van der Waals surface area contributed by atoms with Crippen LogP contribution in [0.4, 0.5) is 9.59 Å². The molecule has 0 aliphatic carbocycles. The number of aliphatic hydroxyl groups excluding tert-OH is 1. The van der Waals surface area contributed by atoms with E-state index in [0.29, 0.717) is 38.8 Å². The number of aliphatic hydroxyl groups is 1. The van der Waals surface area contributed by atoms with E-state index in [2.05, 4.69) is 29.1 Å². The van der Waals surface area contributed by atoms with Crippen molar-refractivity contribution >= 4 is 30.0 Å². The molecule has 4 unspecified atom stereocenters. The highest BCUT2D eigenvalue weighted by Crippen LogP contribution is 2.21. The summed E-state index contributed by atoms with van der Waals surface area (Å²) in [4.78, 5) is 66.1. The van der Waals surface area contributed by atoms with Crippen molar-refractivity contribution < 1.29 is 43.3 Å². The summed E-state index contributed by atoms with van der Waals surface area (Å²) in [5, 5.41) is 17.8. The average molecular weight is 721 g/mol. The molecule has 282 valence electrons. The molecule has 1 fully saturated rings. The first-order valence-electron chi connectivity index (χ1n) is 17.7. The predicted octanol–water partition coefficient (Wildman–Crippen LogP) is 4.55. The van der Waals surface area contributed by atoms with Crippen LogP contribution in [0.1, 0.15) is 62.5 Å². The standard InChI is InChI=1S/C39H52N4O9/c1-3-14-31(24-35(45)43-23-13-21-33(43)25-44)36(46)41-32(20-11-12-22-40-38(48)51-26-29-16-7-5-8-17-29)28-50-37(47)34(15-4-2)42-39(49)52-27-30-18-9-6-10-19-30/h3-10,16-19,31-34,44H,1-2,11-15,20-28H2,(H,40,48)(H,41,46)(H,42,49). The molecule has 2 aromatic rings. The molecule has 13 heteroatoms. The molecule has 1 aliphatic heterocycles. The molecule has 13 nitrogen and oxygen atoms in total. The lowest BCUT2D eigenvalue weighted by molar-refractivity contribution is -0.147. The van der Waals surface area contributed by atoms with Gasteiger partial charge < -0.3 is 40.2 Å². The molecule has 0 saturated carbocycles. The maximum absolute atomic E-state index is 13.5. The molecule has 1 saturated heterocycles. The van der Waals surface area contributed by atoms with Crippen molar-refractivity contribution in [2.24, 2.45) is 5.92 Å². The lowest BCUT2D eigenvalue weighted by atomic mass is 9.98. The van der Waals surface area contributed by atoms with Crippen LogP contribution in [0.3, 0.4) is 0 Å². The van der Waals surface area contributed by atoms with Crippen molar-refractivity contribution in [1.29, 1.82) is 0 Å². The third-order valence-electron chi connectivity index (χ3n) is 8.58. The highest BCUT2D eigenvalue weighted by atomic mass is 16.6. The zero-order valence-corrected chi connectivity index (χ0v) is 29.7. The summed E-state index contributed by atoms with van der Waals surface area (Å²) in [7, 11) is 0. The molecule has 0 bridgehead atoms. The number of hydrogen-bond donors (Lipinski definition) is 4. The van der Waals surface area contributed by atoms with Crippen molar-refractivity contribution in [2.75, 3.05) is 26.3 Å². The normalized spacial score (nSPS) is 15.3. The average Bonchev–Trinajstić information content (AvgIpc) is 3.65. The predicted molar refractivity (Wildman–Crippen MR) is 194 cm³/mol. The number of amides is 4. The molecule has 3 rings (SSSR count). The molecular formula is C39H52N4O9. The van der Waals surface area contributed by atoms with Crippen molar-refractivity contribution in [3.8, 4) is 0 Å². The SMILES string of the molecule is C=CCC(CC(=O)N1CCCC1CO)C(=O)NC(CCCCNC(=O)OCc1ccccc1)COC(=O)C(CC=C)NC(=O)OCc1ccccc1. The van der Waals surface area contributed by atoms with E-state index in [0.717, 1.165) is 17.5 Å². The molecule has 0 spiro atoms. The second-order valence-corrected chi connectivity index (χ2v) is 12.6. The van der Waals surface area contributed by atoms with Gasteiger partial charge in [-0.3, -0.25) is 9.59 Å². The summed E-state index contributed by atoms with van der Waals surface area (Å²) in [6, 6.07) is 16.4. The number of likely N-dealkylation sites (tertiary alicyclic amines) is 1. The van der Waals surface area contributed by atoms with Crippen LogP contribution in [-0.4, -0.2) is 84.4 Å². The highest BCUT2D eigenvalue weighted by Gasteiger charge is 2.32. The van der Waals surface area contributed by atoms with Crippen molar-refractivity contribution in [3.63, 3.8) is 0 Å². The minimum absolute atomic E-state index is 0.0169. The van der Waals surface area contributed by atoms with Gasteiger partial charge in [-0.05, 0) is 56.1 Å². The number of unbranched alkanes of at least 4 members (excludes halogenated alkanes) is 1. The zero-order chi connectivity index (χ0) is 37.6. The first-order chi connectivity index (χ1) is 25.2. The Bertz CT molecular complexity index is 1440. The second-order valence-electron chi connectivity index (χ2n) is 12.6. The molecule has 0 radical (unpaired) electrons.